The fraction of sp³-hybridized carbons (Fsp3) is 0.533. The maximum absolute atomic E-state index is 10.1. The number of halogens is 1. The van der Waals surface area contributed by atoms with Crippen molar-refractivity contribution in [3.63, 3.8) is 0 Å². The van der Waals surface area contributed by atoms with Gasteiger partial charge in [-0.2, -0.15) is 0 Å². The number of aryl methyl sites for hydroxylation is 1. The van der Waals surface area contributed by atoms with Crippen LogP contribution in [0.5, 0.6) is 0 Å². The molecule has 5 nitrogen and oxygen atoms in total. The summed E-state index contributed by atoms with van der Waals surface area (Å²) in [5, 5.41) is 16.4. The molecule has 1 aromatic carbocycles. The van der Waals surface area contributed by atoms with Gasteiger partial charge in [0.15, 0.2) is 5.96 Å². The van der Waals surface area contributed by atoms with E-state index in [0.29, 0.717) is 25.7 Å². The summed E-state index contributed by atoms with van der Waals surface area (Å²) in [5.41, 5.74) is 2.06. The predicted molar refractivity (Wildman–Crippen MR) is 97.4 cm³/mol. The van der Waals surface area contributed by atoms with Gasteiger partial charge in [0, 0.05) is 20.2 Å². The lowest BCUT2D eigenvalue weighted by atomic mass is 10.1. The highest BCUT2D eigenvalue weighted by molar-refractivity contribution is 14.0. The minimum Gasteiger partial charge on any atom is -0.386 e. The van der Waals surface area contributed by atoms with Crippen LogP contribution in [0.2, 0.25) is 0 Å². The molecule has 21 heavy (non-hydrogen) atoms. The molecule has 1 aromatic rings. The van der Waals surface area contributed by atoms with Crippen LogP contribution in [0.3, 0.4) is 0 Å². The van der Waals surface area contributed by atoms with Gasteiger partial charge < -0.3 is 20.5 Å². The second-order valence-corrected chi connectivity index (χ2v) is 4.57. The second kappa shape index (κ2) is 11.8. The summed E-state index contributed by atoms with van der Waals surface area (Å²) in [6.07, 6.45) is -0.589. The Morgan fingerprint density at radius 3 is 2.52 bits per heavy atom. The average molecular weight is 407 g/mol. The van der Waals surface area contributed by atoms with Crippen molar-refractivity contribution in [3.8, 4) is 0 Å². The smallest absolute Gasteiger partial charge is 0.191 e. The lowest BCUT2D eigenvalue weighted by molar-refractivity contribution is 0.187. The summed E-state index contributed by atoms with van der Waals surface area (Å²) in [4.78, 5) is 4.37. The van der Waals surface area contributed by atoms with Gasteiger partial charge >= 0.3 is 0 Å². The van der Waals surface area contributed by atoms with Crippen molar-refractivity contribution >= 4 is 29.9 Å². The van der Waals surface area contributed by atoms with Crippen LogP contribution in [0.15, 0.2) is 29.3 Å². The Bertz CT molecular complexity index is 410. The molecule has 0 saturated carbocycles. The van der Waals surface area contributed by atoms with Crippen LogP contribution >= 0.6 is 24.0 Å². The van der Waals surface area contributed by atoms with Gasteiger partial charge in [0.25, 0.3) is 0 Å². The first-order valence-electron chi connectivity index (χ1n) is 6.93. The van der Waals surface area contributed by atoms with Crippen LogP contribution in [0.25, 0.3) is 0 Å². The molecule has 0 aliphatic carbocycles. The quantitative estimate of drug-likeness (QED) is 0.279. The highest BCUT2D eigenvalue weighted by Gasteiger charge is 2.07. The van der Waals surface area contributed by atoms with Crippen molar-refractivity contribution in [1.29, 1.82) is 0 Å². The molecule has 1 atom stereocenters. The summed E-state index contributed by atoms with van der Waals surface area (Å²) >= 11 is 0. The molecule has 0 fully saturated rings. The Labute approximate surface area is 144 Å². The van der Waals surface area contributed by atoms with Crippen molar-refractivity contribution in [2.75, 3.05) is 33.4 Å². The topological polar surface area (TPSA) is 65.9 Å². The normalized spacial score (nSPS) is 12.5. The highest BCUT2D eigenvalue weighted by Crippen LogP contribution is 2.13. The van der Waals surface area contributed by atoms with E-state index in [1.807, 2.05) is 38.1 Å². The lowest BCUT2D eigenvalue weighted by Gasteiger charge is -2.13. The highest BCUT2D eigenvalue weighted by atomic mass is 127. The van der Waals surface area contributed by atoms with E-state index < -0.39 is 6.10 Å². The van der Waals surface area contributed by atoms with Crippen LogP contribution in [0, 0.1) is 6.92 Å². The SMILES string of the molecule is CCNC(=NCC(O)c1ccc(C)cc1)NCCOC.I. The Kier molecular flexibility index (Phi) is 11.3. The van der Waals surface area contributed by atoms with E-state index in [2.05, 4.69) is 15.6 Å². The third-order valence-electron chi connectivity index (χ3n) is 2.83. The number of hydrogen-bond donors (Lipinski definition) is 3. The monoisotopic (exact) mass is 407 g/mol. The molecule has 3 N–H and O–H groups in total. The molecule has 0 bridgehead atoms. The summed E-state index contributed by atoms with van der Waals surface area (Å²) in [6.45, 7) is 6.43. The number of benzene rings is 1. The van der Waals surface area contributed by atoms with Gasteiger partial charge in [-0.05, 0) is 19.4 Å². The second-order valence-electron chi connectivity index (χ2n) is 4.57. The van der Waals surface area contributed by atoms with Crippen molar-refractivity contribution < 1.29 is 9.84 Å². The number of aliphatic imine (C=N–C) groups is 1. The first-order valence-corrected chi connectivity index (χ1v) is 6.93. The number of nitrogens with one attached hydrogen (secondary N) is 2. The number of hydrogen-bond acceptors (Lipinski definition) is 3. The van der Waals surface area contributed by atoms with Gasteiger partial charge in [0.1, 0.15) is 0 Å². The van der Waals surface area contributed by atoms with Gasteiger partial charge in [-0.15, -0.1) is 24.0 Å². The van der Waals surface area contributed by atoms with Gasteiger partial charge in [-0.25, -0.2) is 0 Å². The zero-order valence-electron chi connectivity index (χ0n) is 12.9. The lowest BCUT2D eigenvalue weighted by Crippen LogP contribution is -2.39. The summed E-state index contributed by atoms with van der Waals surface area (Å²) < 4.78 is 4.98. The van der Waals surface area contributed by atoms with Crippen molar-refractivity contribution in [2.45, 2.75) is 20.0 Å². The summed E-state index contributed by atoms with van der Waals surface area (Å²) in [7, 11) is 1.66. The molecule has 0 aliphatic heterocycles. The Morgan fingerprint density at radius 2 is 1.95 bits per heavy atom. The van der Waals surface area contributed by atoms with E-state index in [0.717, 1.165) is 12.1 Å². The first-order chi connectivity index (χ1) is 9.67. The number of aliphatic hydroxyl groups excluding tert-OH is 1. The Hall–Kier alpha value is -0.860. The third-order valence-corrected chi connectivity index (χ3v) is 2.83. The molecule has 0 radical (unpaired) electrons. The standard InChI is InChI=1S/C15H25N3O2.HI/c1-4-16-15(17-9-10-20-3)18-11-14(19)13-7-5-12(2)6-8-13;/h5-8,14,19H,4,9-11H2,1-3H3,(H2,16,17,18);1H. The van der Waals surface area contributed by atoms with Crippen molar-refractivity contribution in [1.82, 2.24) is 10.6 Å². The molecule has 1 rings (SSSR count). The first kappa shape index (κ1) is 20.1. The van der Waals surface area contributed by atoms with Crippen LogP contribution in [0.1, 0.15) is 24.2 Å². The third kappa shape index (κ3) is 8.23. The van der Waals surface area contributed by atoms with Crippen LogP contribution in [-0.2, 0) is 4.74 Å². The Morgan fingerprint density at radius 1 is 1.29 bits per heavy atom. The van der Waals surface area contributed by atoms with E-state index in [1.54, 1.807) is 7.11 Å². The van der Waals surface area contributed by atoms with Gasteiger partial charge in [0.05, 0.1) is 19.3 Å². The number of nitrogens with zero attached hydrogens (tertiary/aromatic N) is 1. The molecule has 0 amide bonds. The number of ether oxygens (including phenoxy) is 1. The zero-order chi connectivity index (χ0) is 14.8. The zero-order valence-corrected chi connectivity index (χ0v) is 15.3. The largest absolute Gasteiger partial charge is 0.386 e. The van der Waals surface area contributed by atoms with E-state index in [-0.39, 0.29) is 24.0 Å². The number of methoxy groups -OCH3 is 1. The molecule has 6 heteroatoms. The summed E-state index contributed by atoms with van der Waals surface area (Å²) in [5.74, 6) is 0.690. The van der Waals surface area contributed by atoms with E-state index in [1.165, 1.54) is 5.56 Å². The minimum absolute atomic E-state index is 0. The maximum Gasteiger partial charge on any atom is 0.191 e. The predicted octanol–water partition coefficient (Wildman–Crippen LogP) is 1.85. The Balaban J connectivity index is 0.00000400. The van der Waals surface area contributed by atoms with Crippen LogP contribution in [0.4, 0.5) is 0 Å². The molecular weight excluding hydrogens is 381 g/mol. The van der Waals surface area contributed by atoms with E-state index in [4.69, 9.17) is 4.74 Å². The van der Waals surface area contributed by atoms with Crippen LogP contribution in [-0.4, -0.2) is 44.4 Å². The van der Waals surface area contributed by atoms with Gasteiger partial charge in [0.2, 0.25) is 0 Å². The van der Waals surface area contributed by atoms with Gasteiger partial charge in [-0.3, -0.25) is 4.99 Å². The van der Waals surface area contributed by atoms with Crippen molar-refractivity contribution in [3.05, 3.63) is 35.4 Å². The van der Waals surface area contributed by atoms with E-state index in [9.17, 15) is 5.11 Å². The molecule has 0 aromatic heterocycles. The number of aliphatic hydroxyl groups is 1. The minimum atomic E-state index is -0.589. The molecule has 0 heterocycles. The molecule has 0 saturated heterocycles. The average Bonchev–Trinajstić information content (AvgIpc) is 2.45. The molecular formula is C15H26IN3O2. The molecule has 0 spiro atoms. The van der Waals surface area contributed by atoms with Crippen molar-refractivity contribution in [2.24, 2.45) is 4.99 Å². The van der Waals surface area contributed by atoms with Gasteiger partial charge in [-0.1, -0.05) is 29.8 Å². The molecule has 1 unspecified atom stereocenters. The van der Waals surface area contributed by atoms with Crippen LogP contribution < -0.4 is 10.6 Å². The fourth-order valence-corrected chi connectivity index (χ4v) is 1.69. The van der Waals surface area contributed by atoms with E-state index >= 15 is 0 Å². The molecule has 0 aliphatic rings. The fourth-order valence-electron chi connectivity index (χ4n) is 1.69. The number of rotatable bonds is 7. The number of guanidine groups is 1. The molecule has 120 valence electrons. The maximum atomic E-state index is 10.1. The summed E-state index contributed by atoms with van der Waals surface area (Å²) in [6, 6.07) is 7.84.